The van der Waals surface area contributed by atoms with Crippen LogP contribution < -0.4 is 0 Å². The number of likely N-dealkylation sites (N-methyl/N-ethyl adjacent to an activating group) is 1. The van der Waals surface area contributed by atoms with E-state index in [0.29, 0.717) is 29.9 Å². The Kier molecular flexibility index (Phi) is 6.54. The quantitative estimate of drug-likeness (QED) is 0.542. The Labute approximate surface area is 181 Å². The summed E-state index contributed by atoms with van der Waals surface area (Å²) in [5.74, 6) is 1.84. The molecule has 0 saturated carbocycles. The highest BCUT2D eigenvalue weighted by Crippen LogP contribution is 2.26. The van der Waals surface area contributed by atoms with E-state index >= 15 is 0 Å². The maximum atomic E-state index is 12.9. The summed E-state index contributed by atoms with van der Waals surface area (Å²) in [6, 6.07) is 14.3. The molecule has 3 aromatic rings. The normalized spacial score (nSPS) is 16.9. The fourth-order valence-electron chi connectivity index (χ4n) is 3.71. The van der Waals surface area contributed by atoms with Crippen molar-refractivity contribution < 1.29 is 9.21 Å². The second kappa shape index (κ2) is 9.49. The summed E-state index contributed by atoms with van der Waals surface area (Å²) >= 11 is 1.44. The number of furan rings is 1. The first-order valence-electron chi connectivity index (χ1n) is 10.2. The minimum Gasteiger partial charge on any atom is -0.461 e. The first-order valence-corrected chi connectivity index (χ1v) is 11.2. The van der Waals surface area contributed by atoms with Gasteiger partial charge in [0.25, 0.3) is 0 Å². The standard InChI is InChI=1S/C22H27N5O2S/c1-25(2)18-10-6-12-26(15-18)20(28)16-30-22-24-23-21(19-11-7-13-29-19)27(22)14-17-8-4-3-5-9-17/h3-5,7-9,11,13,18H,6,10,12,14-16H2,1-2H3. The van der Waals surface area contributed by atoms with E-state index in [1.165, 1.54) is 11.8 Å². The Hall–Kier alpha value is -2.58. The molecule has 1 aliphatic heterocycles. The predicted octanol–water partition coefficient (Wildman–Crippen LogP) is 3.23. The van der Waals surface area contributed by atoms with Crippen LogP contribution in [0.2, 0.25) is 0 Å². The molecule has 158 valence electrons. The van der Waals surface area contributed by atoms with Gasteiger partial charge in [0.2, 0.25) is 11.7 Å². The molecule has 2 aromatic heterocycles. The number of nitrogens with zero attached hydrogens (tertiary/aromatic N) is 5. The molecule has 1 atom stereocenters. The van der Waals surface area contributed by atoms with Crippen molar-refractivity contribution in [2.24, 2.45) is 0 Å². The third-order valence-electron chi connectivity index (χ3n) is 5.45. The number of likely N-dealkylation sites (tertiary alicyclic amines) is 1. The van der Waals surface area contributed by atoms with Crippen molar-refractivity contribution in [3.63, 3.8) is 0 Å². The molecule has 0 spiro atoms. The molecule has 1 unspecified atom stereocenters. The number of aromatic nitrogens is 3. The molecule has 1 aromatic carbocycles. The molecule has 7 nitrogen and oxygen atoms in total. The third-order valence-corrected chi connectivity index (χ3v) is 6.40. The highest BCUT2D eigenvalue weighted by molar-refractivity contribution is 7.99. The van der Waals surface area contributed by atoms with Crippen LogP contribution in [0.1, 0.15) is 18.4 Å². The van der Waals surface area contributed by atoms with Gasteiger partial charge in [0, 0.05) is 19.1 Å². The number of thioether (sulfide) groups is 1. The molecule has 0 bridgehead atoms. The zero-order chi connectivity index (χ0) is 20.9. The molecule has 30 heavy (non-hydrogen) atoms. The van der Waals surface area contributed by atoms with Crippen LogP contribution in [0, 0.1) is 0 Å². The van der Waals surface area contributed by atoms with Crippen LogP contribution in [0.25, 0.3) is 11.6 Å². The molecule has 3 heterocycles. The summed E-state index contributed by atoms with van der Waals surface area (Å²) in [6.45, 7) is 2.24. The van der Waals surface area contributed by atoms with E-state index in [2.05, 4.69) is 41.3 Å². The van der Waals surface area contributed by atoms with E-state index in [-0.39, 0.29) is 5.91 Å². The second-order valence-corrected chi connectivity index (χ2v) is 8.69. The number of benzene rings is 1. The summed E-state index contributed by atoms with van der Waals surface area (Å²) < 4.78 is 7.57. The minimum absolute atomic E-state index is 0.153. The zero-order valence-electron chi connectivity index (χ0n) is 17.4. The van der Waals surface area contributed by atoms with Crippen LogP contribution in [-0.4, -0.2) is 69.5 Å². The van der Waals surface area contributed by atoms with E-state index < -0.39 is 0 Å². The van der Waals surface area contributed by atoms with Gasteiger partial charge < -0.3 is 14.2 Å². The van der Waals surface area contributed by atoms with Gasteiger partial charge in [0.1, 0.15) is 0 Å². The van der Waals surface area contributed by atoms with E-state index in [9.17, 15) is 4.79 Å². The van der Waals surface area contributed by atoms with Gasteiger partial charge in [-0.1, -0.05) is 42.1 Å². The average Bonchev–Trinajstić information content (AvgIpc) is 3.43. The minimum atomic E-state index is 0.153. The molecule has 1 fully saturated rings. The summed E-state index contributed by atoms with van der Waals surface area (Å²) in [5.41, 5.74) is 1.14. The summed E-state index contributed by atoms with van der Waals surface area (Å²) in [5, 5.41) is 9.43. The van der Waals surface area contributed by atoms with E-state index in [1.807, 2.05) is 39.8 Å². The van der Waals surface area contributed by atoms with Gasteiger partial charge in [0.15, 0.2) is 10.9 Å². The lowest BCUT2D eigenvalue weighted by molar-refractivity contribution is -0.130. The maximum Gasteiger partial charge on any atom is 0.233 e. The molecule has 1 amide bonds. The van der Waals surface area contributed by atoms with Gasteiger partial charge in [-0.15, -0.1) is 10.2 Å². The number of hydrogen-bond donors (Lipinski definition) is 0. The molecular weight excluding hydrogens is 398 g/mol. The maximum absolute atomic E-state index is 12.9. The first-order chi connectivity index (χ1) is 14.6. The Morgan fingerprint density at radius 1 is 1.20 bits per heavy atom. The van der Waals surface area contributed by atoms with Gasteiger partial charge in [0.05, 0.1) is 18.6 Å². The third kappa shape index (κ3) is 4.76. The van der Waals surface area contributed by atoms with Crippen molar-refractivity contribution in [1.82, 2.24) is 24.6 Å². The SMILES string of the molecule is CN(C)C1CCCN(C(=O)CSc2nnc(-c3ccco3)n2Cc2ccccc2)C1. The van der Waals surface area contributed by atoms with Crippen LogP contribution in [0.15, 0.2) is 58.3 Å². The van der Waals surface area contributed by atoms with E-state index in [1.54, 1.807) is 6.26 Å². The summed E-state index contributed by atoms with van der Waals surface area (Å²) in [7, 11) is 4.16. The van der Waals surface area contributed by atoms with Gasteiger partial charge >= 0.3 is 0 Å². The second-order valence-electron chi connectivity index (χ2n) is 7.74. The highest BCUT2D eigenvalue weighted by atomic mass is 32.2. The number of amides is 1. The van der Waals surface area contributed by atoms with E-state index in [4.69, 9.17) is 4.42 Å². The number of piperidine rings is 1. The van der Waals surface area contributed by atoms with Crippen molar-refractivity contribution in [2.75, 3.05) is 32.9 Å². The molecule has 0 radical (unpaired) electrons. The molecule has 8 heteroatoms. The summed E-state index contributed by atoms with van der Waals surface area (Å²) in [4.78, 5) is 17.0. The molecule has 1 saturated heterocycles. The van der Waals surface area contributed by atoms with Crippen molar-refractivity contribution in [3.05, 3.63) is 54.3 Å². The number of carbonyl (C=O) groups is 1. The molecule has 0 N–H and O–H groups in total. The lowest BCUT2D eigenvalue weighted by Crippen LogP contribution is -2.48. The van der Waals surface area contributed by atoms with Gasteiger partial charge in [-0.25, -0.2) is 0 Å². The van der Waals surface area contributed by atoms with Crippen molar-refractivity contribution in [1.29, 1.82) is 0 Å². The van der Waals surface area contributed by atoms with E-state index in [0.717, 1.165) is 36.7 Å². The lowest BCUT2D eigenvalue weighted by Gasteiger charge is -2.36. The monoisotopic (exact) mass is 425 g/mol. The van der Waals surface area contributed by atoms with Crippen molar-refractivity contribution >= 4 is 17.7 Å². The molecule has 1 aliphatic rings. The Balaban J connectivity index is 1.49. The zero-order valence-corrected chi connectivity index (χ0v) is 18.2. The largest absolute Gasteiger partial charge is 0.461 e. The number of rotatable bonds is 7. The van der Waals surface area contributed by atoms with Crippen LogP contribution in [0.4, 0.5) is 0 Å². The Morgan fingerprint density at radius 2 is 2.03 bits per heavy atom. The van der Waals surface area contributed by atoms with Crippen molar-refractivity contribution in [3.8, 4) is 11.6 Å². The van der Waals surface area contributed by atoms with Crippen LogP contribution in [0.3, 0.4) is 0 Å². The fourth-order valence-corrected chi connectivity index (χ4v) is 4.55. The van der Waals surface area contributed by atoms with Gasteiger partial charge in [-0.3, -0.25) is 9.36 Å². The number of carbonyl (C=O) groups excluding carboxylic acids is 1. The molecule has 0 aliphatic carbocycles. The predicted molar refractivity (Wildman–Crippen MR) is 117 cm³/mol. The van der Waals surface area contributed by atoms with Crippen LogP contribution in [-0.2, 0) is 11.3 Å². The Morgan fingerprint density at radius 3 is 2.77 bits per heavy atom. The van der Waals surface area contributed by atoms with Crippen LogP contribution in [0.5, 0.6) is 0 Å². The first kappa shape index (κ1) is 20.7. The van der Waals surface area contributed by atoms with Gasteiger partial charge in [-0.05, 0) is 44.6 Å². The topological polar surface area (TPSA) is 67.4 Å². The molecular formula is C22H27N5O2S. The smallest absolute Gasteiger partial charge is 0.233 e. The average molecular weight is 426 g/mol. The summed E-state index contributed by atoms with van der Waals surface area (Å²) in [6.07, 6.45) is 3.82. The molecule has 4 rings (SSSR count). The van der Waals surface area contributed by atoms with Crippen LogP contribution >= 0.6 is 11.8 Å². The number of hydrogen-bond acceptors (Lipinski definition) is 6. The lowest BCUT2D eigenvalue weighted by atomic mass is 10.1. The Bertz CT molecular complexity index is 955. The fraction of sp³-hybridized carbons (Fsp3) is 0.409. The van der Waals surface area contributed by atoms with Crippen molar-refractivity contribution in [2.45, 2.75) is 30.6 Å². The highest BCUT2D eigenvalue weighted by Gasteiger charge is 2.25. The van der Waals surface area contributed by atoms with Gasteiger partial charge in [-0.2, -0.15) is 0 Å².